The molecule has 0 aromatic heterocycles. The lowest BCUT2D eigenvalue weighted by molar-refractivity contribution is 0.101. The molecule has 0 aliphatic carbocycles. The summed E-state index contributed by atoms with van der Waals surface area (Å²) >= 11 is 0. The van der Waals surface area contributed by atoms with Crippen LogP contribution in [0.25, 0.3) is 0 Å². The molecule has 118 valence electrons. The van der Waals surface area contributed by atoms with E-state index in [-0.39, 0.29) is 6.10 Å². The Morgan fingerprint density at radius 2 is 1.90 bits per heavy atom. The van der Waals surface area contributed by atoms with Crippen LogP contribution in [0, 0.1) is 13.8 Å². The quantitative estimate of drug-likeness (QED) is 0.871. The molecular formula is C17H28N2O2. The summed E-state index contributed by atoms with van der Waals surface area (Å²) in [6.45, 7) is 12.8. The minimum atomic E-state index is -0.504. The first kappa shape index (κ1) is 16.3. The molecule has 1 fully saturated rings. The molecule has 1 aromatic carbocycles. The maximum Gasteiger partial charge on any atom is 0.128 e. The average molecular weight is 292 g/mol. The number of nitrogens with one attached hydrogen (secondary N) is 1. The van der Waals surface area contributed by atoms with Crippen LogP contribution in [0.1, 0.15) is 36.6 Å². The van der Waals surface area contributed by atoms with E-state index in [9.17, 15) is 5.11 Å². The molecule has 1 atom stereocenters. The lowest BCUT2D eigenvalue weighted by Crippen LogP contribution is -2.45. The molecule has 1 saturated heterocycles. The first-order valence-electron chi connectivity index (χ1n) is 7.86. The van der Waals surface area contributed by atoms with Gasteiger partial charge in [0.05, 0.1) is 12.2 Å². The molecule has 2 N–H and O–H groups in total. The fourth-order valence-corrected chi connectivity index (χ4v) is 2.87. The first-order chi connectivity index (χ1) is 9.97. The predicted octanol–water partition coefficient (Wildman–Crippen LogP) is 2.03. The number of aliphatic hydroxyl groups is 1. The third kappa shape index (κ3) is 4.43. The lowest BCUT2D eigenvalue weighted by Gasteiger charge is -2.30. The van der Waals surface area contributed by atoms with Crippen molar-refractivity contribution >= 4 is 0 Å². The normalized spacial score (nSPS) is 18.0. The van der Waals surface area contributed by atoms with E-state index in [1.54, 1.807) is 0 Å². The van der Waals surface area contributed by atoms with Crippen LogP contribution in [-0.4, -0.2) is 48.8 Å². The molecule has 4 heteroatoms. The molecule has 1 aliphatic heterocycles. The number of hydrogen-bond donors (Lipinski definition) is 2. The zero-order valence-corrected chi connectivity index (χ0v) is 13.6. The largest absolute Gasteiger partial charge is 0.490 e. The number of aryl methyl sites for hydroxylation is 2. The van der Waals surface area contributed by atoms with Gasteiger partial charge in [-0.15, -0.1) is 0 Å². The van der Waals surface area contributed by atoms with Crippen molar-refractivity contribution in [3.8, 4) is 5.75 Å². The SMILES string of the molecule is Cc1cc(C)c(OC(C)C)c(C(O)CN2CCNCC2)c1. The van der Waals surface area contributed by atoms with Crippen molar-refractivity contribution in [2.45, 2.75) is 39.9 Å². The maximum atomic E-state index is 10.7. The Morgan fingerprint density at radius 1 is 1.24 bits per heavy atom. The van der Waals surface area contributed by atoms with Gasteiger partial charge < -0.3 is 15.2 Å². The Bertz CT molecular complexity index is 468. The predicted molar refractivity (Wildman–Crippen MR) is 85.9 cm³/mol. The summed E-state index contributed by atoms with van der Waals surface area (Å²) in [7, 11) is 0. The highest BCUT2D eigenvalue weighted by Gasteiger charge is 2.21. The number of piperazine rings is 1. The van der Waals surface area contributed by atoms with Gasteiger partial charge in [-0.2, -0.15) is 0 Å². The number of nitrogens with zero attached hydrogens (tertiary/aromatic N) is 1. The molecule has 1 aliphatic rings. The molecule has 0 spiro atoms. The van der Waals surface area contributed by atoms with Gasteiger partial charge in [0.15, 0.2) is 0 Å². The maximum absolute atomic E-state index is 10.7. The van der Waals surface area contributed by atoms with E-state index in [1.165, 1.54) is 0 Å². The van der Waals surface area contributed by atoms with E-state index in [0.29, 0.717) is 6.54 Å². The minimum Gasteiger partial charge on any atom is -0.490 e. The third-order valence-corrected chi connectivity index (χ3v) is 3.80. The number of benzene rings is 1. The topological polar surface area (TPSA) is 44.7 Å². The van der Waals surface area contributed by atoms with Gasteiger partial charge in [0.1, 0.15) is 5.75 Å². The van der Waals surface area contributed by atoms with Crippen molar-refractivity contribution in [2.75, 3.05) is 32.7 Å². The van der Waals surface area contributed by atoms with Crippen LogP contribution in [0.5, 0.6) is 5.75 Å². The molecular weight excluding hydrogens is 264 g/mol. The first-order valence-corrected chi connectivity index (χ1v) is 7.86. The standard InChI is InChI=1S/C17H28N2O2/c1-12(2)21-17-14(4)9-13(3)10-15(17)16(20)11-19-7-5-18-6-8-19/h9-10,12,16,18,20H,5-8,11H2,1-4H3. The van der Waals surface area contributed by atoms with E-state index >= 15 is 0 Å². The van der Waals surface area contributed by atoms with Gasteiger partial charge in [-0.05, 0) is 39.3 Å². The van der Waals surface area contributed by atoms with Gasteiger partial charge in [-0.3, -0.25) is 4.90 Å². The van der Waals surface area contributed by atoms with Crippen LogP contribution in [0.3, 0.4) is 0 Å². The fraction of sp³-hybridized carbons (Fsp3) is 0.647. The molecule has 21 heavy (non-hydrogen) atoms. The van der Waals surface area contributed by atoms with Crippen molar-refractivity contribution in [2.24, 2.45) is 0 Å². The van der Waals surface area contributed by atoms with Crippen LogP contribution >= 0.6 is 0 Å². The van der Waals surface area contributed by atoms with E-state index in [4.69, 9.17) is 4.74 Å². The second-order valence-corrected chi connectivity index (χ2v) is 6.23. The molecule has 0 saturated carbocycles. The summed E-state index contributed by atoms with van der Waals surface area (Å²) < 4.78 is 5.95. The third-order valence-electron chi connectivity index (χ3n) is 3.80. The number of aliphatic hydroxyl groups excluding tert-OH is 1. The molecule has 1 unspecified atom stereocenters. The highest BCUT2D eigenvalue weighted by Crippen LogP contribution is 2.31. The van der Waals surface area contributed by atoms with Gasteiger partial charge in [-0.1, -0.05) is 11.6 Å². The van der Waals surface area contributed by atoms with E-state index in [1.807, 2.05) is 20.8 Å². The molecule has 4 nitrogen and oxygen atoms in total. The summed E-state index contributed by atoms with van der Waals surface area (Å²) in [6.07, 6.45) is -0.396. The minimum absolute atomic E-state index is 0.108. The summed E-state index contributed by atoms with van der Waals surface area (Å²) in [5, 5.41) is 14.0. The van der Waals surface area contributed by atoms with Gasteiger partial charge in [0, 0.05) is 38.3 Å². The fourth-order valence-electron chi connectivity index (χ4n) is 2.87. The summed E-state index contributed by atoms with van der Waals surface area (Å²) in [5.41, 5.74) is 3.18. The van der Waals surface area contributed by atoms with Gasteiger partial charge in [-0.25, -0.2) is 0 Å². The highest BCUT2D eigenvalue weighted by molar-refractivity contribution is 5.45. The summed E-state index contributed by atoms with van der Waals surface area (Å²) in [6, 6.07) is 4.16. The second-order valence-electron chi connectivity index (χ2n) is 6.23. The van der Waals surface area contributed by atoms with Crippen LogP contribution in [0.15, 0.2) is 12.1 Å². The van der Waals surface area contributed by atoms with Crippen LogP contribution in [0.4, 0.5) is 0 Å². The molecule has 0 radical (unpaired) electrons. The molecule has 1 heterocycles. The van der Waals surface area contributed by atoms with Crippen molar-refractivity contribution in [1.82, 2.24) is 10.2 Å². The Hall–Kier alpha value is -1.10. The summed E-state index contributed by atoms with van der Waals surface area (Å²) in [4.78, 5) is 2.30. The zero-order valence-electron chi connectivity index (χ0n) is 13.6. The van der Waals surface area contributed by atoms with Crippen molar-refractivity contribution < 1.29 is 9.84 Å². The number of ether oxygens (including phenoxy) is 1. The summed E-state index contributed by atoms with van der Waals surface area (Å²) in [5.74, 6) is 0.846. The molecule has 0 bridgehead atoms. The van der Waals surface area contributed by atoms with Crippen molar-refractivity contribution in [3.63, 3.8) is 0 Å². The zero-order chi connectivity index (χ0) is 15.4. The smallest absolute Gasteiger partial charge is 0.128 e. The Morgan fingerprint density at radius 3 is 2.52 bits per heavy atom. The van der Waals surface area contributed by atoms with E-state index in [0.717, 1.165) is 48.6 Å². The van der Waals surface area contributed by atoms with E-state index < -0.39 is 6.10 Å². The average Bonchev–Trinajstić information content (AvgIpc) is 2.42. The van der Waals surface area contributed by atoms with Crippen molar-refractivity contribution in [1.29, 1.82) is 0 Å². The Labute approximate surface area is 128 Å². The van der Waals surface area contributed by atoms with Crippen LogP contribution in [0.2, 0.25) is 0 Å². The Kier molecular flexibility index (Phi) is 5.62. The van der Waals surface area contributed by atoms with Crippen LogP contribution < -0.4 is 10.1 Å². The Balaban J connectivity index is 2.19. The lowest BCUT2D eigenvalue weighted by atomic mass is 10.0. The van der Waals surface area contributed by atoms with E-state index in [2.05, 4.69) is 29.3 Å². The van der Waals surface area contributed by atoms with Crippen molar-refractivity contribution in [3.05, 3.63) is 28.8 Å². The van der Waals surface area contributed by atoms with Gasteiger partial charge in [0.25, 0.3) is 0 Å². The van der Waals surface area contributed by atoms with Gasteiger partial charge >= 0.3 is 0 Å². The molecule has 0 amide bonds. The highest BCUT2D eigenvalue weighted by atomic mass is 16.5. The van der Waals surface area contributed by atoms with Gasteiger partial charge in [0.2, 0.25) is 0 Å². The molecule has 1 aromatic rings. The number of hydrogen-bond acceptors (Lipinski definition) is 4. The number of rotatable bonds is 5. The number of β-amino-alcohol motifs (C(OH)–C–C–N with tert-alkyl or cyclic N) is 1. The second kappa shape index (κ2) is 7.25. The molecule has 2 rings (SSSR count). The monoisotopic (exact) mass is 292 g/mol. The van der Waals surface area contributed by atoms with Crippen LogP contribution in [-0.2, 0) is 0 Å².